The molecule has 1 atom stereocenters. The lowest BCUT2D eigenvalue weighted by Crippen LogP contribution is -2.32. The van der Waals surface area contributed by atoms with Crippen molar-refractivity contribution in [1.29, 1.82) is 0 Å². The third-order valence-corrected chi connectivity index (χ3v) is 7.72. The second-order valence-electron chi connectivity index (χ2n) is 7.23. The first-order valence-corrected chi connectivity index (χ1v) is 12.6. The van der Waals surface area contributed by atoms with E-state index in [4.69, 9.17) is 0 Å². The van der Waals surface area contributed by atoms with Crippen LogP contribution in [-0.2, 0) is 16.4 Å². The summed E-state index contributed by atoms with van der Waals surface area (Å²) in [6, 6.07) is 11.8. The zero-order valence-electron chi connectivity index (χ0n) is 17.6. The predicted molar refractivity (Wildman–Crippen MR) is 124 cm³/mol. The van der Waals surface area contributed by atoms with Crippen molar-refractivity contribution in [3.63, 3.8) is 0 Å². The highest BCUT2D eigenvalue weighted by atomic mass is 32.2. The highest BCUT2D eigenvalue weighted by Gasteiger charge is 2.26. The normalized spacial score (nSPS) is 12.4. The van der Waals surface area contributed by atoms with E-state index in [9.17, 15) is 23.6 Å². The number of nitrogens with zero attached hydrogens (tertiary/aromatic N) is 3. The third-order valence-electron chi connectivity index (χ3n) is 5.05. The van der Waals surface area contributed by atoms with Gasteiger partial charge in [-0.05, 0) is 49.4 Å². The van der Waals surface area contributed by atoms with Crippen molar-refractivity contribution in [3.05, 3.63) is 80.8 Å². The molecule has 170 valence electrons. The number of benzene rings is 2. The van der Waals surface area contributed by atoms with E-state index in [1.165, 1.54) is 22.5 Å². The van der Waals surface area contributed by atoms with Crippen LogP contribution < -0.4 is 4.31 Å². The standard InChI is InChI=1S/C22H25N3O5S2/c1-2-21(26)17-9-11-18(12-10-17)24(14-4-3-8-22-23-13-15-31-22)32(29,30)20-7-5-6-19(16-20)25(27)28/h5-7,9-13,15-16,21,26H,2-4,8,14H2,1H3. The number of sulfonamides is 1. The number of nitro groups is 1. The van der Waals surface area contributed by atoms with E-state index in [2.05, 4.69) is 4.98 Å². The number of nitro benzene ring substituents is 1. The van der Waals surface area contributed by atoms with Crippen LogP contribution >= 0.6 is 11.3 Å². The van der Waals surface area contributed by atoms with E-state index in [0.717, 1.165) is 23.9 Å². The number of anilines is 1. The Morgan fingerprint density at radius 2 is 1.94 bits per heavy atom. The summed E-state index contributed by atoms with van der Waals surface area (Å²) in [5, 5.41) is 24.1. The van der Waals surface area contributed by atoms with Crippen molar-refractivity contribution in [2.45, 2.75) is 43.6 Å². The van der Waals surface area contributed by atoms with Gasteiger partial charge in [-0.25, -0.2) is 13.4 Å². The Morgan fingerprint density at radius 1 is 1.19 bits per heavy atom. The molecule has 0 aliphatic heterocycles. The van der Waals surface area contributed by atoms with Crippen molar-refractivity contribution in [2.75, 3.05) is 10.8 Å². The number of hydrogen-bond donors (Lipinski definition) is 1. The molecule has 1 unspecified atom stereocenters. The lowest BCUT2D eigenvalue weighted by molar-refractivity contribution is -0.385. The lowest BCUT2D eigenvalue weighted by Gasteiger charge is -2.25. The third kappa shape index (κ3) is 5.70. The molecule has 0 aliphatic carbocycles. The van der Waals surface area contributed by atoms with Crippen LogP contribution in [0.15, 0.2) is 65.0 Å². The van der Waals surface area contributed by atoms with E-state index in [0.29, 0.717) is 24.1 Å². The first-order chi connectivity index (χ1) is 15.3. The second-order valence-corrected chi connectivity index (χ2v) is 10.1. The molecule has 0 saturated carbocycles. The molecule has 3 rings (SSSR count). The van der Waals surface area contributed by atoms with E-state index < -0.39 is 21.1 Å². The van der Waals surface area contributed by atoms with Crippen LogP contribution in [0.1, 0.15) is 42.9 Å². The number of aliphatic hydroxyl groups is 1. The molecule has 0 saturated heterocycles. The van der Waals surface area contributed by atoms with Gasteiger partial charge in [-0.15, -0.1) is 11.3 Å². The fourth-order valence-electron chi connectivity index (χ4n) is 3.28. The minimum absolute atomic E-state index is 0.135. The van der Waals surface area contributed by atoms with E-state index in [-0.39, 0.29) is 17.1 Å². The van der Waals surface area contributed by atoms with Gasteiger partial charge in [-0.2, -0.15) is 0 Å². The molecule has 1 aromatic heterocycles. The van der Waals surface area contributed by atoms with Gasteiger partial charge in [-0.3, -0.25) is 14.4 Å². The number of non-ortho nitro benzene ring substituents is 1. The average Bonchev–Trinajstić information content (AvgIpc) is 3.32. The van der Waals surface area contributed by atoms with Gasteiger partial charge < -0.3 is 5.11 Å². The number of aromatic nitrogens is 1. The summed E-state index contributed by atoms with van der Waals surface area (Å²) in [5.74, 6) is 0. The van der Waals surface area contributed by atoms with Crippen LogP contribution in [0.25, 0.3) is 0 Å². The summed E-state index contributed by atoms with van der Waals surface area (Å²) >= 11 is 1.56. The van der Waals surface area contributed by atoms with Crippen LogP contribution in [-0.4, -0.2) is 30.0 Å². The Morgan fingerprint density at radius 3 is 2.56 bits per heavy atom. The lowest BCUT2D eigenvalue weighted by atomic mass is 10.1. The molecule has 0 bridgehead atoms. The first-order valence-electron chi connectivity index (χ1n) is 10.3. The van der Waals surface area contributed by atoms with Crippen LogP contribution in [0.3, 0.4) is 0 Å². The molecule has 1 heterocycles. The maximum atomic E-state index is 13.4. The number of unbranched alkanes of at least 4 members (excludes halogenated alkanes) is 1. The van der Waals surface area contributed by atoms with E-state index in [1.54, 1.807) is 41.8 Å². The molecule has 0 fully saturated rings. The van der Waals surface area contributed by atoms with Crippen LogP contribution in [0.4, 0.5) is 11.4 Å². The van der Waals surface area contributed by atoms with Gasteiger partial charge in [0.1, 0.15) is 0 Å². The van der Waals surface area contributed by atoms with Gasteiger partial charge in [0.15, 0.2) is 0 Å². The molecule has 2 aromatic carbocycles. The van der Waals surface area contributed by atoms with Gasteiger partial charge in [0.25, 0.3) is 15.7 Å². The van der Waals surface area contributed by atoms with E-state index >= 15 is 0 Å². The first kappa shape index (κ1) is 23.8. The Kier molecular flexibility index (Phi) is 7.94. The molecule has 32 heavy (non-hydrogen) atoms. The van der Waals surface area contributed by atoms with Crippen LogP contribution in [0.5, 0.6) is 0 Å². The van der Waals surface area contributed by atoms with E-state index in [1.807, 2.05) is 12.3 Å². The molecular formula is C22H25N3O5S2. The molecule has 8 nitrogen and oxygen atoms in total. The van der Waals surface area contributed by atoms with Gasteiger partial charge in [0.05, 0.1) is 26.6 Å². The summed E-state index contributed by atoms with van der Waals surface area (Å²) in [4.78, 5) is 14.6. The highest BCUT2D eigenvalue weighted by molar-refractivity contribution is 7.92. The van der Waals surface area contributed by atoms with Crippen LogP contribution in [0.2, 0.25) is 0 Å². The summed E-state index contributed by atoms with van der Waals surface area (Å²) in [6.45, 7) is 2.08. The maximum absolute atomic E-state index is 13.4. The zero-order valence-corrected chi connectivity index (χ0v) is 19.3. The van der Waals surface area contributed by atoms with Crippen molar-refractivity contribution in [1.82, 2.24) is 4.98 Å². The molecule has 0 radical (unpaired) electrons. The van der Waals surface area contributed by atoms with Gasteiger partial charge in [0, 0.05) is 30.3 Å². The number of aliphatic hydroxyl groups excluding tert-OH is 1. The monoisotopic (exact) mass is 475 g/mol. The van der Waals surface area contributed by atoms with Crippen molar-refractivity contribution >= 4 is 32.7 Å². The summed E-state index contributed by atoms with van der Waals surface area (Å²) in [7, 11) is -4.03. The molecule has 1 N–H and O–H groups in total. The number of aryl methyl sites for hydroxylation is 1. The summed E-state index contributed by atoms with van der Waals surface area (Å²) in [5.41, 5.74) is 0.863. The summed E-state index contributed by atoms with van der Waals surface area (Å²) < 4.78 is 28.2. The zero-order chi connectivity index (χ0) is 23.1. The molecule has 0 aliphatic rings. The maximum Gasteiger partial charge on any atom is 0.270 e. The minimum Gasteiger partial charge on any atom is -0.388 e. The van der Waals surface area contributed by atoms with Crippen molar-refractivity contribution < 1.29 is 18.4 Å². The molecule has 10 heteroatoms. The molecular weight excluding hydrogens is 450 g/mol. The summed E-state index contributed by atoms with van der Waals surface area (Å²) in [6.07, 6.45) is 3.76. The number of rotatable bonds is 11. The topological polar surface area (TPSA) is 114 Å². The van der Waals surface area contributed by atoms with Gasteiger partial charge in [0.2, 0.25) is 0 Å². The SMILES string of the molecule is CCC(O)c1ccc(N(CCCCc2nccs2)S(=O)(=O)c2cccc([N+](=O)[O-])c2)cc1. The molecule has 0 amide bonds. The minimum atomic E-state index is -4.03. The average molecular weight is 476 g/mol. The molecule has 0 spiro atoms. The van der Waals surface area contributed by atoms with Crippen molar-refractivity contribution in [2.24, 2.45) is 0 Å². The Hall–Kier alpha value is -2.82. The predicted octanol–water partition coefficient (Wildman–Crippen LogP) is 4.71. The van der Waals surface area contributed by atoms with Gasteiger partial charge in [-0.1, -0.05) is 25.1 Å². The van der Waals surface area contributed by atoms with Crippen LogP contribution in [0, 0.1) is 10.1 Å². The Labute approximate surface area is 191 Å². The number of thiazole rings is 1. The molecule has 3 aromatic rings. The quantitative estimate of drug-likeness (QED) is 0.244. The second kappa shape index (κ2) is 10.7. The highest BCUT2D eigenvalue weighted by Crippen LogP contribution is 2.28. The fourth-order valence-corrected chi connectivity index (χ4v) is 5.49. The Balaban J connectivity index is 1.88. The number of hydrogen-bond acceptors (Lipinski definition) is 7. The van der Waals surface area contributed by atoms with Gasteiger partial charge >= 0.3 is 0 Å². The fraction of sp³-hybridized carbons (Fsp3) is 0.318. The smallest absolute Gasteiger partial charge is 0.270 e. The Bertz CT molecular complexity index is 1130. The van der Waals surface area contributed by atoms with Crippen molar-refractivity contribution in [3.8, 4) is 0 Å². The largest absolute Gasteiger partial charge is 0.388 e.